The molecule has 0 bridgehead atoms. The highest BCUT2D eigenvalue weighted by Gasteiger charge is 2.24. The molecule has 1 aliphatic heterocycles. The van der Waals surface area contributed by atoms with Crippen molar-refractivity contribution in [1.82, 2.24) is 14.9 Å². The average molecular weight is 342 g/mol. The first kappa shape index (κ1) is 16.7. The molecule has 2 heterocycles. The lowest BCUT2D eigenvalue weighted by Crippen LogP contribution is -2.42. The summed E-state index contributed by atoms with van der Waals surface area (Å²) < 4.78 is 1.85. The van der Waals surface area contributed by atoms with E-state index in [0.717, 1.165) is 10.9 Å². The molecule has 2 amide bonds. The van der Waals surface area contributed by atoms with Crippen LogP contribution < -0.4 is 11.2 Å². The van der Waals surface area contributed by atoms with E-state index in [-0.39, 0.29) is 18.3 Å². The van der Waals surface area contributed by atoms with Gasteiger partial charge in [-0.2, -0.15) is 0 Å². The minimum absolute atomic E-state index is 0.139. The summed E-state index contributed by atoms with van der Waals surface area (Å²) in [6.45, 7) is 0.952. The highest BCUT2D eigenvalue weighted by molar-refractivity contribution is 6.38. The molecule has 9 heteroatoms. The fraction of sp³-hybridized carbons (Fsp3) is 0.250. The summed E-state index contributed by atoms with van der Waals surface area (Å²) in [5, 5.41) is 9.54. The summed E-state index contributed by atoms with van der Waals surface area (Å²) in [7, 11) is 1.84. The van der Waals surface area contributed by atoms with Gasteiger partial charge in [-0.1, -0.05) is 18.2 Å². The van der Waals surface area contributed by atoms with Crippen LogP contribution in [0.5, 0.6) is 0 Å². The minimum atomic E-state index is -0.917. The van der Waals surface area contributed by atoms with Crippen LogP contribution in [0.3, 0.4) is 0 Å². The molecule has 0 saturated heterocycles. The fourth-order valence-corrected chi connectivity index (χ4v) is 2.75. The van der Waals surface area contributed by atoms with Crippen LogP contribution in [-0.4, -0.2) is 57.8 Å². The van der Waals surface area contributed by atoms with Crippen LogP contribution in [0.2, 0.25) is 0 Å². The average Bonchev–Trinajstić information content (AvgIpc) is 2.97. The van der Waals surface area contributed by atoms with Gasteiger partial charge in [0.25, 0.3) is 5.91 Å². The van der Waals surface area contributed by atoms with Gasteiger partial charge in [0, 0.05) is 24.5 Å². The van der Waals surface area contributed by atoms with Gasteiger partial charge in [0.15, 0.2) is 5.84 Å². The molecule has 2 aromatic rings. The number of hydrogen-bond donors (Lipinski definition) is 3. The van der Waals surface area contributed by atoms with Gasteiger partial charge in [0.2, 0.25) is 0 Å². The van der Waals surface area contributed by atoms with Gasteiger partial charge >= 0.3 is 5.91 Å². The smallest absolute Gasteiger partial charge is 0.309 e. The Morgan fingerprint density at radius 1 is 1.36 bits per heavy atom. The lowest BCUT2D eigenvalue weighted by atomic mass is 10.2. The van der Waals surface area contributed by atoms with Crippen molar-refractivity contribution in [2.75, 3.05) is 19.6 Å². The third-order valence-electron chi connectivity index (χ3n) is 4.04. The molecule has 130 valence electrons. The van der Waals surface area contributed by atoms with Crippen molar-refractivity contribution in [3.05, 3.63) is 36.0 Å². The highest BCUT2D eigenvalue weighted by Crippen LogP contribution is 2.20. The molecule has 0 fully saturated rings. The molecule has 0 aliphatic carbocycles. The monoisotopic (exact) mass is 342 g/mol. The van der Waals surface area contributed by atoms with E-state index in [2.05, 4.69) is 9.98 Å². The van der Waals surface area contributed by atoms with E-state index >= 15 is 0 Å². The molecule has 0 radical (unpaired) electrons. The van der Waals surface area contributed by atoms with Crippen LogP contribution in [0.4, 0.5) is 0 Å². The van der Waals surface area contributed by atoms with Crippen molar-refractivity contribution in [2.45, 2.75) is 0 Å². The molecule has 4 N–H and O–H groups in total. The van der Waals surface area contributed by atoms with Crippen molar-refractivity contribution in [2.24, 2.45) is 22.8 Å². The largest absolute Gasteiger partial charge is 0.379 e. The van der Waals surface area contributed by atoms with E-state index in [1.165, 1.54) is 5.48 Å². The molecule has 1 aromatic carbocycles. The second-order valence-electron chi connectivity index (χ2n) is 5.61. The maximum atomic E-state index is 12.9. The van der Waals surface area contributed by atoms with E-state index in [1.807, 2.05) is 41.9 Å². The number of hydroxylamine groups is 1. The Kier molecular flexibility index (Phi) is 4.48. The number of aliphatic imine (C=N–C) groups is 2. The van der Waals surface area contributed by atoms with Crippen molar-refractivity contribution in [1.29, 1.82) is 0 Å². The number of carbonyl (C=O) groups excluding carboxylic acids is 2. The number of amidine groups is 2. The van der Waals surface area contributed by atoms with Gasteiger partial charge in [-0.15, -0.1) is 0 Å². The molecule has 0 spiro atoms. The van der Waals surface area contributed by atoms with E-state index in [1.54, 1.807) is 4.90 Å². The molecule has 25 heavy (non-hydrogen) atoms. The number of benzene rings is 1. The maximum absolute atomic E-state index is 12.9. The SMILES string of the molecule is Cn1c(C(=O)N2CCN=C(N=C(N)C(=O)NO)C2)cc2ccccc21. The standard InChI is InChI=1S/C16H18N6O3/c1-21-11-5-3-2-4-10(11)8-12(21)16(24)22-7-6-18-13(9-22)19-14(17)15(23)20-25/h2-5,8,25H,6-7,9H2,1H3,(H,20,23)(H2,17,18,19). The van der Waals surface area contributed by atoms with E-state index < -0.39 is 11.7 Å². The van der Waals surface area contributed by atoms with Crippen LogP contribution in [0.15, 0.2) is 40.3 Å². The highest BCUT2D eigenvalue weighted by atomic mass is 16.5. The van der Waals surface area contributed by atoms with Crippen LogP contribution in [0.25, 0.3) is 10.9 Å². The first-order valence-electron chi connectivity index (χ1n) is 7.67. The van der Waals surface area contributed by atoms with Crippen LogP contribution in [0, 0.1) is 0 Å². The first-order chi connectivity index (χ1) is 12.0. The number of hydrogen-bond acceptors (Lipinski definition) is 5. The molecular formula is C16H18N6O3. The maximum Gasteiger partial charge on any atom is 0.309 e. The van der Waals surface area contributed by atoms with Crippen molar-refractivity contribution in [3.8, 4) is 0 Å². The van der Waals surface area contributed by atoms with E-state index in [4.69, 9.17) is 10.9 Å². The Balaban J connectivity index is 1.82. The van der Waals surface area contributed by atoms with Gasteiger partial charge < -0.3 is 15.2 Å². The molecule has 1 aromatic heterocycles. The topological polar surface area (TPSA) is 125 Å². The molecule has 0 unspecified atom stereocenters. The molecule has 0 saturated carbocycles. The number of fused-ring (bicyclic) bond motifs is 1. The van der Waals surface area contributed by atoms with Crippen molar-refractivity contribution < 1.29 is 14.8 Å². The third kappa shape index (κ3) is 3.22. The molecule has 0 atom stereocenters. The number of nitrogens with two attached hydrogens (primary N) is 1. The Morgan fingerprint density at radius 3 is 2.84 bits per heavy atom. The zero-order valence-corrected chi connectivity index (χ0v) is 13.6. The van der Waals surface area contributed by atoms with Gasteiger partial charge in [0.05, 0.1) is 13.1 Å². The Morgan fingerprint density at radius 2 is 2.12 bits per heavy atom. The fourth-order valence-electron chi connectivity index (χ4n) is 2.75. The predicted molar refractivity (Wildman–Crippen MR) is 92.7 cm³/mol. The zero-order chi connectivity index (χ0) is 18.0. The summed E-state index contributed by atoms with van der Waals surface area (Å²) in [5.74, 6) is -1.22. The molecular weight excluding hydrogens is 324 g/mol. The lowest BCUT2D eigenvalue weighted by Gasteiger charge is -2.25. The Bertz CT molecular complexity index is 898. The summed E-state index contributed by atoms with van der Waals surface area (Å²) in [6.07, 6.45) is 0. The number of nitrogens with one attached hydrogen (secondary N) is 1. The van der Waals surface area contributed by atoms with Gasteiger partial charge in [0.1, 0.15) is 11.5 Å². The normalized spacial score (nSPS) is 15.2. The van der Waals surface area contributed by atoms with Crippen LogP contribution in [0.1, 0.15) is 10.5 Å². The summed E-state index contributed by atoms with van der Waals surface area (Å²) in [6, 6.07) is 9.60. The number of rotatable bonds is 1. The van der Waals surface area contributed by atoms with Crippen LogP contribution in [-0.2, 0) is 11.8 Å². The van der Waals surface area contributed by atoms with Crippen molar-refractivity contribution >= 4 is 34.4 Å². The summed E-state index contributed by atoms with van der Waals surface area (Å²) in [4.78, 5) is 33.7. The number of nitrogens with zero attached hydrogens (tertiary/aromatic N) is 4. The first-order valence-corrected chi connectivity index (χ1v) is 7.67. The quantitative estimate of drug-likeness (QED) is 0.289. The number of amides is 2. The van der Waals surface area contributed by atoms with E-state index in [0.29, 0.717) is 18.8 Å². The number of para-hydroxylation sites is 1. The number of aromatic nitrogens is 1. The second-order valence-corrected chi connectivity index (χ2v) is 5.61. The van der Waals surface area contributed by atoms with Crippen molar-refractivity contribution in [3.63, 3.8) is 0 Å². The second kappa shape index (κ2) is 6.73. The third-order valence-corrected chi connectivity index (χ3v) is 4.04. The van der Waals surface area contributed by atoms with Gasteiger partial charge in [-0.05, 0) is 12.1 Å². The van der Waals surface area contributed by atoms with Gasteiger partial charge in [-0.3, -0.25) is 19.8 Å². The molecule has 3 rings (SSSR count). The lowest BCUT2D eigenvalue weighted by molar-refractivity contribution is -0.122. The Labute approximate surface area is 143 Å². The Hall–Kier alpha value is -3.20. The predicted octanol–water partition coefficient (Wildman–Crippen LogP) is -0.105. The number of aryl methyl sites for hydroxylation is 1. The molecule has 1 aliphatic rings. The summed E-state index contributed by atoms with van der Waals surface area (Å²) in [5.41, 5.74) is 8.39. The minimum Gasteiger partial charge on any atom is -0.379 e. The molecule has 9 nitrogen and oxygen atoms in total. The van der Waals surface area contributed by atoms with Crippen LogP contribution >= 0.6 is 0 Å². The summed E-state index contributed by atoms with van der Waals surface area (Å²) >= 11 is 0. The number of carbonyl (C=O) groups is 2. The zero-order valence-electron chi connectivity index (χ0n) is 13.6. The van der Waals surface area contributed by atoms with E-state index in [9.17, 15) is 9.59 Å². The van der Waals surface area contributed by atoms with Gasteiger partial charge in [-0.25, -0.2) is 10.5 Å².